The Labute approximate surface area is 113 Å². The van der Waals surface area contributed by atoms with E-state index >= 15 is 0 Å². The number of hydrogen-bond donors (Lipinski definition) is 1. The van der Waals surface area contributed by atoms with Gasteiger partial charge in [-0.15, -0.1) is 0 Å². The predicted octanol–water partition coefficient (Wildman–Crippen LogP) is 3.11. The normalized spacial score (nSPS) is 16.3. The largest absolute Gasteiger partial charge is 0.496 e. The van der Waals surface area contributed by atoms with Crippen LogP contribution in [0.3, 0.4) is 0 Å². The van der Waals surface area contributed by atoms with Crippen molar-refractivity contribution >= 4 is 5.82 Å². The lowest BCUT2D eigenvalue weighted by Gasteiger charge is -2.12. The fourth-order valence-corrected chi connectivity index (χ4v) is 2.50. The van der Waals surface area contributed by atoms with Crippen molar-refractivity contribution in [2.24, 2.45) is 5.92 Å². The molecule has 1 heterocycles. The first-order valence-electron chi connectivity index (χ1n) is 6.69. The smallest absolute Gasteiger partial charge is 0.128 e. The molecule has 19 heavy (non-hydrogen) atoms. The van der Waals surface area contributed by atoms with Gasteiger partial charge in [-0.25, -0.2) is 4.68 Å². The summed E-state index contributed by atoms with van der Waals surface area (Å²) < 4.78 is 7.32. The third kappa shape index (κ3) is 2.18. The Morgan fingerprint density at radius 1 is 1.37 bits per heavy atom. The summed E-state index contributed by atoms with van der Waals surface area (Å²) in [5.41, 5.74) is 7.96. The molecule has 0 bridgehead atoms. The summed E-state index contributed by atoms with van der Waals surface area (Å²) in [4.78, 5) is 0. The average molecular weight is 257 g/mol. The Kier molecular flexibility index (Phi) is 2.93. The van der Waals surface area contributed by atoms with Gasteiger partial charge in [0.25, 0.3) is 0 Å². The first-order chi connectivity index (χ1) is 9.20. The Morgan fingerprint density at radius 3 is 2.79 bits per heavy atom. The van der Waals surface area contributed by atoms with E-state index in [1.54, 1.807) is 7.11 Å². The van der Waals surface area contributed by atoms with Crippen LogP contribution in [0.5, 0.6) is 5.75 Å². The maximum atomic E-state index is 6.10. The molecule has 3 rings (SSSR count). The van der Waals surface area contributed by atoms with Gasteiger partial charge in [0.15, 0.2) is 0 Å². The molecule has 4 heteroatoms. The zero-order chi connectivity index (χ0) is 13.4. The predicted molar refractivity (Wildman–Crippen MR) is 76.1 cm³/mol. The minimum atomic E-state index is 0.378. The Morgan fingerprint density at radius 2 is 2.11 bits per heavy atom. The summed E-state index contributed by atoms with van der Waals surface area (Å²) >= 11 is 0. The van der Waals surface area contributed by atoms with E-state index in [-0.39, 0.29) is 0 Å². The number of ether oxygens (including phenoxy) is 1. The second kappa shape index (κ2) is 4.61. The van der Waals surface area contributed by atoms with Crippen LogP contribution in [-0.2, 0) is 0 Å². The standard InChI is InChI=1S/C15H19N3O/c1-10(11-7-8-11)18-15(16)9-13(17-18)12-5-3-4-6-14(12)19-2/h3-6,9-11H,7-8,16H2,1-2H3. The van der Waals surface area contributed by atoms with Crippen LogP contribution in [0.15, 0.2) is 30.3 Å². The quantitative estimate of drug-likeness (QED) is 0.915. The summed E-state index contributed by atoms with van der Waals surface area (Å²) in [6.07, 6.45) is 2.56. The number of nitrogen functional groups attached to an aromatic ring is 1. The van der Waals surface area contributed by atoms with E-state index < -0.39 is 0 Å². The van der Waals surface area contributed by atoms with Crippen LogP contribution in [0.4, 0.5) is 5.82 Å². The molecule has 4 nitrogen and oxygen atoms in total. The molecule has 1 unspecified atom stereocenters. The molecule has 0 saturated heterocycles. The fraction of sp³-hybridized carbons (Fsp3) is 0.400. The van der Waals surface area contributed by atoms with Crippen molar-refractivity contribution in [2.75, 3.05) is 12.8 Å². The van der Waals surface area contributed by atoms with E-state index in [9.17, 15) is 0 Å². The fourth-order valence-electron chi connectivity index (χ4n) is 2.50. The maximum absolute atomic E-state index is 6.10. The molecule has 1 fully saturated rings. The van der Waals surface area contributed by atoms with Crippen LogP contribution in [0.25, 0.3) is 11.3 Å². The number of rotatable bonds is 4. The van der Waals surface area contributed by atoms with E-state index in [1.807, 2.05) is 35.0 Å². The number of nitrogens with two attached hydrogens (primary N) is 1. The van der Waals surface area contributed by atoms with Gasteiger partial charge in [0.05, 0.1) is 18.8 Å². The van der Waals surface area contributed by atoms with E-state index in [4.69, 9.17) is 10.5 Å². The van der Waals surface area contributed by atoms with Crippen molar-refractivity contribution < 1.29 is 4.74 Å². The Balaban J connectivity index is 1.99. The van der Waals surface area contributed by atoms with Crippen molar-refractivity contribution in [3.05, 3.63) is 30.3 Å². The van der Waals surface area contributed by atoms with Crippen LogP contribution in [-0.4, -0.2) is 16.9 Å². The minimum Gasteiger partial charge on any atom is -0.496 e. The number of methoxy groups -OCH3 is 1. The highest BCUT2D eigenvalue weighted by Crippen LogP contribution is 2.41. The van der Waals surface area contributed by atoms with Gasteiger partial charge < -0.3 is 10.5 Å². The van der Waals surface area contributed by atoms with E-state index in [1.165, 1.54) is 12.8 Å². The maximum Gasteiger partial charge on any atom is 0.128 e. The molecule has 1 aliphatic rings. The molecule has 2 aromatic rings. The molecule has 0 spiro atoms. The summed E-state index contributed by atoms with van der Waals surface area (Å²) in [6, 6.07) is 10.2. The summed E-state index contributed by atoms with van der Waals surface area (Å²) in [5, 5.41) is 4.66. The Hall–Kier alpha value is -1.97. The third-order valence-corrected chi connectivity index (χ3v) is 3.84. The molecule has 2 N–H and O–H groups in total. The molecule has 1 saturated carbocycles. The number of anilines is 1. The summed E-state index contributed by atoms with van der Waals surface area (Å²) in [6.45, 7) is 2.19. The van der Waals surface area contributed by atoms with Crippen LogP contribution >= 0.6 is 0 Å². The molecular formula is C15H19N3O. The van der Waals surface area contributed by atoms with Gasteiger partial charge in [-0.05, 0) is 37.8 Å². The van der Waals surface area contributed by atoms with E-state index in [2.05, 4.69) is 12.0 Å². The zero-order valence-corrected chi connectivity index (χ0v) is 11.3. The minimum absolute atomic E-state index is 0.378. The Bertz CT molecular complexity index is 587. The first kappa shape index (κ1) is 12.1. The van der Waals surface area contributed by atoms with Crippen molar-refractivity contribution in [2.45, 2.75) is 25.8 Å². The molecule has 1 aromatic carbocycles. The van der Waals surface area contributed by atoms with Crippen molar-refractivity contribution in [3.8, 4) is 17.0 Å². The second-order valence-corrected chi connectivity index (χ2v) is 5.18. The van der Waals surface area contributed by atoms with Crippen LogP contribution < -0.4 is 10.5 Å². The lowest BCUT2D eigenvalue weighted by Crippen LogP contribution is -2.11. The van der Waals surface area contributed by atoms with E-state index in [0.29, 0.717) is 6.04 Å². The summed E-state index contributed by atoms with van der Waals surface area (Å²) in [5.74, 6) is 2.28. The average Bonchev–Trinajstić information content (AvgIpc) is 3.21. The van der Waals surface area contributed by atoms with Crippen molar-refractivity contribution in [3.63, 3.8) is 0 Å². The monoisotopic (exact) mass is 257 g/mol. The highest BCUT2D eigenvalue weighted by Gasteiger charge is 2.30. The lowest BCUT2D eigenvalue weighted by molar-refractivity contribution is 0.415. The molecule has 1 aliphatic carbocycles. The molecular weight excluding hydrogens is 238 g/mol. The number of nitrogens with zero attached hydrogens (tertiary/aromatic N) is 2. The van der Waals surface area contributed by atoms with Gasteiger partial charge in [-0.3, -0.25) is 0 Å². The highest BCUT2D eigenvalue weighted by molar-refractivity contribution is 5.69. The molecule has 0 radical (unpaired) electrons. The molecule has 100 valence electrons. The van der Waals surface area contributed by atoms with Gasteiger partial charge in [0.2, 0.25) is 0 Å². The van der Waals surface area contributed by atoms with Gasteiger partial charge >= 0.3 is 0 Å². The van der Waals surface area contributed by atoms with Crippen molar-refractivity contribution in [1.29, 1.82) is 0 Å². The number of hydrogen-bond acceptors (Lipinski definition) is 3. The number of para-hydroxylation sites is 1. The molecule has 0 aliphatic heterocycles. The van der Waals surface area contributed by atoms with Crippen molar-refractivity contribution in [1.82, 2.24) is 9.78 Å². The molecule has 0 amide bonds. The van der Waals surface area contributed by atoms with Crippen LogP contribution in [0.2, 0.25) is 0 Å². The molecule has 1 aromatic heterocycles. The number of benzene rings is 1. The summed E-state index contributed by atoms with van der Waals surface area (Å²) in [7, 11) is 1.67. The van der Waals surface area contributed by atoms with Gasteiger partial charge in [-0.1, -0.05) is 12.1 Å². The van der Waals surface area contributed by atoms with Gasteiger partial charge in [0, 0.05) is 11.6 Å². The zero-order valence-electron chi connectivity index (χ0n) is 11.3. The van der Waals surface area contributed by atoms with Crippen LogP contribution in [0.1, 0.15) is 25.8 Å². The third-order valence-electron chi connectivity index (χ3n) is 3.84. The van der Waals surface area contributed by atoms with E-state index in [0.717, 1.165) is 28.7 Å². The lowest BCUT2D eigenvalue weighted by atomic mass is 10.1. The second-order valence-electron chi connectivity index (χ2n) is 5.18. The first-order valence-corrected chi connectivity index (χ1v) is 6.69. The highest BCUT2D eigenvalue weighted by atomic mass is 16.5. The topological polar surface area (TPSA) is 53.1 Å². The van der Waals surface area contributed by atoms with Gasteiger partial charge in [0.1, 0.15) is 11.6 Å². The van der Waals surface area contributed by atoms with Crippen LogP contribution in [0, 0.1) is 5.92 Å². The number of aromatic nitrogens is 2. The SMILES string of the molecule is COc1ccccc1-c1cc(N)n(C(C)C2CC2)n1. The molecule has 1 atom stereocenters. The van der Waals surface area contributed by atoms with Gasteiger partial charge in [-0.2, -0.15) is 5.10 Å².